The highest BCUT2D eigenvalue weighted by molar-refractivity contribution is 7.10. The van der Waals surface area contributed by atoms with Crippen molar-refractivity contribution in [3.8, 4) is 0 Å². The molecule has 0 aromatic carbocycles. The number of rotatable bonds is 3. The lowest BCUT2D eigenvalue weighted by Crippen LogP contribution is -2.32. The lowest BCUT2D eigenvalue weighted by atomic mass is 9.99. The van der Waals surface area contributed by atoms with Crippen LogP contribution in [0.15, 0.2) is 11.4 Å². The van der Waals surface area contributed by atoms with Crippen LogP contribution in [0.4, 0.5) is 0 Å². The summed E-state index contributed by atoms with van der Waals surface area (Å²) in [5.74, 6) is 0. The Balaban J connectivity index is 3.00. The molecule has 12 heavy (non-hydrogen) atoms. The molecule has 0 radical (unpaired) electrons. The molecular weight excluding hydrogens is 166 g/mol. The maximum atomic E-state index is 3.33. The molecule has 1 heterocycles. The van der Waals surface area contributed by atoms with E-state index in [2.05, 4.69) is 37.5 Å². The van der Waals surface area contributed by atoms with Crippen LogP contribution in [-0.2, 0) is 12.0 Å². The molecule has 1 aromatic heterocycles. The fourth-order valence-corrected chi connectivity index (χ4v) is 2.41. The van der Waals surface area contributed by atoms with Crippen molar-refractivity contribution in [2.75, 3.05) is 7.05 Å². The molecule has 0 unspecified atom stereocenters. The van der Waals surface area contributed by atoms with Crippen LogP contribution in [0.1, 0.15) is 31.2 Å². The standard InChI is InChI=1S/C10H17NS/c1-5-8-6-7-12-9(8)10(2,3)11-4/h6-7,11H,5H2,1-4H3. The quantitative estimate of drug-likeness (QED) is 0.760. The summed E-state index contributed by atoms with van der Waals surface area (Å²) in [6.07, 6.45) is 1.13. The normalized spacial score (nSPS) is 12.0. The molecule has 0 spiro atoms. The molecule has 1 nitrogen and oxygen atoms in total. The van der Waals surface area contributed by atoms with Crippen molar-refractivity contribution in [3.63, 3.8) is 0 Å². The number of thiophene rings is 1. The first-order valence-corrected chi connectivity index (χ1v) is 5.25. The zero-order valence-electron chi connectivity index (χ0n) is 8.27. The average molecular weight is 183 g/mol. The van der Waals surface area contributed by atoms with Gasteiger partial charge in [0.15, 0.2) is 0 Å². The van der Waals surface area contributed by atoms with Gasteiger partial charge >= 0.3 is 0 Å². The van der Waals surface area contributed by atoms with E-state index >= 15 is 0 Å². The van der Waals surface area contributed by atoms with Crippen LogP contribution in [0.5, 0.6) is 0 Å². The molecule has 1 rings (SSSR count). The van der Waals surface area contributed by atoms with Crippen molar-refractivity contribution in [3.05, 3.63) is 21.9 Å². The van der Waals surface area contributed by atoms with E-state index in [1.54, 1.807) is 0 Å². The second-order valence-corrected chi connectivity index (χ2v) is 4.42. The van der Waals surface area contributed by atoms with Crippen molar-refractivity contribution in [2.45, 2.75) is 32.7 Å². The van der Waals surface area contributed by atoms with Crippen molar-refractivity contribution in [2.24, 2.45) is 0 Å². The second-order valence-electron chi connectivity index (χ2n) is 3.50. The van der Waals surface area contributed by atoms with Gasteiger partial charge in [-0.25, -0.2) is 0 Å². The highest BCUT2D eigenvalue weighted by Gasteiger charge is 2.21. The van der Waals surface area contributed by atoms with Crippen LogP contribution >= 0.6 is 11.3 Å². The van der Waals surface area contributed by atoms with E-state index in [9.17, 15) is 0 Å². The minimum Gasteiger partial charge on any atom is -0.310 e. The molecule has 0 amide bonds. The van der Waals surface area contributed by atoms with Gasteiger partial charge < -0.3 is 5.32 Å². The van der Waals surface area contributed by atoms with E-state index in [4.69, 9.17) is 0 Å². The average Bonchev–Trinajstić information content (AvgIpc) is 2.52. The van der Waals surface area contributed by atoms with Crippen LogP contribution in [0.25, 0.3) is 0 Å². The Kier molecular flexibility index (Phi) is 2.91. The van der Waals surface area contributed by atoms with Crippen molar-refractivity contribution in [1.29, 1.82) is 0 Å². The van der Waals surface area contributed by atoms with E-state index in [1.165, 1.54) is 10.4 Å². The van der Waals surface area contributed by atoms with E-state index < -0.39 is 0 Å². The summed E-state index contributed by atoms with van der Waals surface area (Å²) < 4.78 is 0. The molecular formula is C10H17NS. The summed E-state index contributed by atoms with van der Waals surface area (Å²) in [5, 5.41) is 5.50. The Hall–Kier alpha value is -0.340. The maximum absolute atomic E-state index is 3.33. The van der Waals surface area contributed by atoms with Gasteiger partial charge in [0.05, 0.1) is 0 Å². The van der Waals surface area contributed by atoms with Gasteiger partial charge in [-0.15, -0.1) is 11.3 Å². The Morgan fingerprint density at radius 1 is 1.50 bits per heavy atom. The minimum absolute atomic E-state index is 0.125. The first kappa shape index (κ1) is 9.75. The largest absolute Gasteiger partial charge is 0.310 e. The molecule has 0 aliphatic carbocycles. The third-order valence-corrected chi connectivity index (χ3v) is 3.60. The number of hydrogen-bond donors (Lipinski definition) is 1. The van der Waals surface area contributed by atoms with E-state index in [-0.39, 0.29) is 5.54 Å². The number of hydrogen-bond acceptors (Lipinski definition) is 2. The zero-order chi connectivity index (χ0) is 9.19. The van der Waals surface area contributed by atoms with Crippen LogP contribution in [-0.4, -0.2) is 7.05 Å². The van der Waals surface area contributed by atoms with Crippen molar-refractivity contribution >= 4 is 11.3 Å². The van der Waals surface area contributed by atoms with Crippen LogP contribution in [0.3, 0.4) is 0 Å². The first-order chi connectivity index (χ1) is 5.61. The van der Waals surface area contributed by atoms with E-state index in [1.807, 2.05) is 18.4 Å². The molecule has 0 saturated carbocycles. The highest BCUT2D eigenvalue weighted by Crippen LogP contribution is 2.29. The summed E-state index contributed by atoms with van der Waals surface area (Å²) in [5.41, 5.74) is 1.60. The van der Waals surface area contributed by atoms with Crippen LogP contribution in [0.2, 0.25) is 0 Å². The minimum atomic E-state index is 0.125. The predicted octanol–water partition coefficient (Wildman–Crippen LogP) is 2.77. The van der Waals surface area contributed by atoms with Gasteiger partial charge in [-0.1, -0.05) is 6.92 Å². The third-order valence-electron chi connectivity index (χ3n) is 2.32. The summed E-state index contributed by atoms with van der Waals surface area (Å²) in [6, 6.07) is 2.22. The number of aryl methyl sites for hydroxylation is 1. The number of nitrogens with one attached hydrogen (secondary N) is 1. The Morgan fingerprint density at radius 2 is 2.17 bits per heavy atom. The lowest BCUT2D eigenvalue weighted by molar-refractivity contribution is 0.450. The molecule has 0 fully saturated rings. The Bertz CT molecular complexity index is 250. The topological polar surface area (TPSA) is 12.0 Å². The first-order valence-electron chi connectivity index (χ1n) is 4.37. The SMILES string of the molecule is CCc1ccsc1C(C)(C)NC. The zero-order valence-corrected chi connectivity index (χ0v) is 9.09. The molecule has 0 aliphatic heterocycles. The third kappa shape index (κ3) is 1.70. The predicted molar refractivity (Wildman–Crippen MR) is 55.8 cm³/mol. The smallest absolute Gasteiger partial charge is 0.0471 e. The van der Waals surface area contributed by atoms with E-state index in [0.717, 1.165) is 6.42 Å². The molecule has 0 atom stereocenters. The molecule has 0 aliphatic rings. The monoisotopic (exact) mass is 183 g/mol. The van der Waals surface area contributed by atoms with Crippen molar-refractivity contribution < 1.29 is 0 Å². The van der Waals surface area contributed by atoms with Gasteiger partial charge in [-0.3, -0.25) is 0 Å². The second kappa shape index (κ2) is 3.58. The fourth-order valence-electron chi connectivity index (χ4n) is 1.28. The highest BCUT2D eigenvalue weighted by atomic mass is 32.1. The fraction of sp³-hybridized carbons (Fsp3) is 0.600. The van der Waals surface area contributed by atoms with Crippen LogP contribution < -0.4 is 5.32 Å². The summed E-state index contributed by atoms with van der Waals surface area (Å²) in [4.78, 5) is 1.47. The summed E-state index contributed by atoms with van der Waals surface area (Å²) >= 11 is 1.84. The van der Waals surface area contributed by atoms with E-state index in [0.29, 0.717) is 0 Å². The molecule has 0 saturated heterocycles. The summed E-state index contributed by atoms with van der Waals surface area (Å²) in [6.45, 7) is 6.65. The van der Waals surface area contributed by atoms with Gasteiger partial charge in [-0.2, -0.15) is 0 Å². The van der Waals surface area contributed by atoms with Gasteiger partial charge in [0.2, 0.25) is 0 Å². The van der Waals surface area contributed by atoms with Gasteiger partial charge in [0.1, 0.15) is 0 Å². The van der Waals surface area contributed by atoms with Crippen molar-refractivity contribution in [1.82, 2.24) is 5.32 Å². The lowest BCUT2D eigenvalue weighted by Gasteiger charge is -2.24. The van der Waals surface area contributed by atoms with Gasteiger partial charge in [-0.05, 0) is 44.3 Å². The van der Waals surface area contributed by atoms with Gasteiger partial charge in [0, 0.05) is 10.4 Å². The molecule has 1 N–H and O–H groups in total. The van der Waals surface area contributed by atoms with Gasteiger partial charge in [0.25, 0.3) is 0 Å². The van der Waals surface area contributed by atoms with Crippen LogP contribution in [0, 0.1) is 0 Å². The Morgan fingerprint density at radius 3 is 2.67 bits per heavy atom. The molecule has 0 bridgehead atoms. The Labute approximate surface area is 78.8 Å². The maximum Gasteiger partial charge on any atom is 0.0471 e. The molecule has 1 aromatic rings. The summed E-state index contributed by atoms with van der Waals surface area (Å²) in [7, 11) is 2.01. The molecule has 68 valence electrons. The molecule has 2 heteroatoms.